The molecule has 4 nitrogen and oxygen atoms in total. The first-order chi connectivity index (χ1) is 9.78. The van der Waals surface area contributed by atoms with Crippen molar-refractivity contribution in [3.05, 3.63) is 18.5 Å². The Bertz CT molecular complexity index is 437. The van der Waals surface area contributed by atoms with Crippen molar-refractivity contribution in [2.45, 2.75) is 76.8 Å². The van der Waals surface area contributed by atoms with Crippen LogP contribution in [0.15, 0.2) is 18.5 Å². The molecular formula is C16H28N2O2Si. The van der Waals surface area contributed by atoms with Gasteiger partial charge in [-0.05, 0) is 49.9 Å². The molecule has 1 aliphatic carbocycles. The number of ether oxygens (including phenoxy) is 1. The zero-order valence-corrected chi connectivity index (χ0v) is 14.9. The van der Waals surface area contributed by atoms with Gasteiger partial charge in [-0.2, -0.15) is 0 Å². The van der Waals surface area contributed by atoms with Crippen molar-refractivity contribution in [3.63, 3.8) is 0 Å². The third-order valence-electron chi connectivity index (χ3n) is 4.70. The molecule has 21 heavy (non-hydrogen) atoms. The Labute approximate surface area is 129 Å². The van der Waals surface area contributed by atoms with Gasteiger partial charge in [0.25, 0.3) is 0 Å². The van der Waals surface area contributed by atoms with E-state index in [-0.39, 0.29) is 11.1 Å². The molecular weight excluding hydrogens is 280 g/mol. The molecule has 0 aromatic carbocycles. The van der Waals surface area contributed by atoms with Crippen molar-refractivity contribution in [1.29, 1.82) is 0 Å². The molecule has 0 amide bonds. The Morgan fingerprint density at radius 1 is 1.00 bits per heavy atom. The van der Waals surface area contributed by atoms with Gasteiger partial charge in [-0.25, -0.2) is 9.97 Å². The minimum Gasteiger partial charge on any atom is -0.460 e. The second-order valence-corrected chi connectivity index (χ2v) is 12.2. The quantitative estimate of drug-likeness (QED) is 0.782. The fraction of sp³-hybridized carbons (Fsp3) is 0.750. The summed E-state index contributed by atoms with van der Waals surface area (Å²) < 4.78 is 12.3. The standard InChI is InChI=1S/C16H28N2O2Si/c1-16(2,3)21(4,5)20-14-9-7-13(8-10-14)19-15-17-11-6-12-18-15/h6,11-14H,7-10H2,1-5H3/t13-,14-. The molecule has 1 aromatic heterocycles. The molecule has 0 unspecified atom stereocenters. The molecule has 0 atom stereocenters. The summed E-state index contributed by atoms with van der Waals surface area (Å²) in [6, 6.07) is 2.29. The number of aromatic nitrogens is 2. The van der Waals surface area contributed by atoms with Gasteiger partial charge < -0.3 is 9.16 Å². The minimum absolute atomic E-state index is 0.228. The summed E-state index contributed by atoms with van der Waals surface area (Å²) in [5.41, 5.74) is 0. The van der Waals surface area contributed by atoms with Crippen LogP contribution in [0.3, 0.4) is 0 Å². The highest BCUT2D eigenvalue weighted by Crippen LogP contribution is 2.39. The van der Waals surface area contributed by atoms with Gasteiger partial charge in [0, 0.05) is 18.5 Å². The first kappa shape index (κ1) is 16.4. The van der Waals surface area contributed by atoms with Crippen molar-refractivity contribution in [2.75, 3.05) is 0 Å². The maximum Gasteiger partial charge on any atom is 0.316 e. The molecule has 0 N–H and O–H groups in total. The normalized spacial score (nSPS) is 23.9. The fourth-order valence-electron chi connectivity index (χ4n) is 2.36. The highest BCUT2D eigenvalue weighted by Gasteiger charge is 2.39. The van der Waals surface area contributed by atoms with E-state index >= 15 is 0 Å². The van der Waals surface area contributed by atoms with Crippen LogP contribution in [-0.4, -0.2) is 30.5 Å². The highest BCUT2D eigenvalue weighted by molar-refractivity contribution is 6.74. The highest BCUT2D eigenvalue weighted by atomic mass is 28.4. The van der Waals surface area contributed by atoms with Gasteiger partial charge >= 0.3 is 6.01 Å². The van der Waals surface area contributed by atoms with Crippen LogP contribution < -0.4 is 4.74 Å². The van der Waals surface area contributed by atoms with E-state index in [1.807, 2.05) is 0 Å². The van der Waals surface area contributed by atoms with Gasteiger partial charge in [0.1, 0.15) is 6.10 Å². The van der Waals surface area contributed by atoms with E-state index in [0.717, 1.165) is 25.7 Å². The molecule has 0 spiro atoms. The molecule has 0 aliphatic heterocycles. The molecule has 2 rings (SSSR count). The monoisotopic (exact) mass is 308 g/mol. The molecule has 118 valence electrons. The summed E-state index contributed by atoms with van der Waals surface area (Å²) in [5, 5.41) is 0.276. The van der Waals surface area contributed by atoms with Crippen molar-refractivity contribution in [2.24, 2.45) is 0 Å². The second-order valence-electron chi connectivity index (χ2n) is 7.43. The molecule has 0 bridgehead atoms. The van der Waals surface area contributed by atoms with Gasteiger partial charge in [0.2, 0.25) is 0 Å². The van der Waals surface area contributed by atoms with Gasteiger partial charge in [0.15, 0.2) is 8.32 Å². The van der Waals surface area contributed by atoms with Crippen LogP contribution in [0.4, 0.5) is 0 Å². The lowest BCUT2D eigenvalue weighted by Crippen LogP contribution is -2.45. The zero-order valence-electron chi connectivity index (χ0n) is 13.9. The van der Waals surface area contributed by atoms with Crippen LogP contribution in [0, 0.1) is 0 Å². The molecule has 0 radical (unpaired) electrons. The summed E-state index contributed by atoms with van der Waals surface area (Å²) in [4.78, 5) is 8.25. The summed E-state index contributed by atoms with van der Waals surface area (Å²) >= 11 is 0. The third-order valence-corrected chi connectivity index (χ3v) is 9.24. The maximum absolute atomic E-state index is 6.49. The lowest BCUT2D eigenvalue weighted by Gasteiger charge is -2.41. The Morgan fingerprint density at radius 3 is 2.05 bits per heavy atom. The van der Waals surface area contributed by atoms with E-state index in [1.165, 1.54) is 0 Å². The van der Waals surface area contributed by atoms with Crippen molar-refractivity contribution < 1.29 is 9.16 Å². The second kappa shape index (κ2) is 6.44. The molecule has 1 aromatic rings. The largest absolute Gasteiger partial charge is 0.460 e. The van der Waals surface area contributed by atoms with E-state index in [0.29, 0.717) is 12.1 Å². The molecule has 1 aliphatic rings. The zero-order chi connectivity index (χ0) is 15.5. The summed E-state index contributed by atoms with van der Waals surface area (Å²) in [6.45, 7) is 11.5. The summed E-state index contributed by atoms with van der Waals surface area (Å²) in [7, 11) is -1.65. The van der Waals surface area contributed by atoms with E-state index in [2.05, 4.69) is 43.8 Å². The number of hydrogen-bond acceptors (Lipinski definition) is 4. The summed E-state index contributed by atoms with van der Waals surface area (Å²) in [6.07, 6.45) is 8.25. The Morgan fingerprint density at radius 2 is 1.52 bits per heavy atom. The minimum atomic E-state index is -1.65. The fourth-order valence-corrected chi connectivity index (χ4v) is 3.78. The molecule has 1 saturated carbocycles. The number of rotatable bonds is 4. The van der Waals surface area contributed by atoms with Gasteiger partial charge in [-0.15, -0.1) is 0 Å². The van der Waals surface area contributed by atoms with E-state index < -0.39 is 8.32 Å². The van der Waals surface area contributed by atoms with Crippen LogP contribution in [0.1, 0.15) is 46.5 Å². The van der Waals surface area contributed by atoms with Crippen molar-refractivity contribution in [3.8, 4) is 6.01 Å². The Hall–Kier alpha value is -0.943. The molecule has 0 saturated heterocycles. The average Bonchev–Trinajstić information content (AvgIpc) is 2.41. The van der Waals surface area contributed by atoms with Crippen LogP contribution in [-0.2, 0) is 4.43 Å². The lowest BCUT2D eigenvalue weighted by atomic mass is 9.95. The van der Waals surface area contributed by atoms with Crippen LogP contribution in [0.5, 0.6) is 6.01 Å². The van der Waals surface area contributed by atoms with Crippen LogP contribution >= 0.6 is 0 Å². The van der Waals surface area contributed by atoms with Crippen LogP contribution in [0.2, 0.25) is 18.1 Å². The third kappa shape index (κ3) is 4.51. The number of nitrogens with zero attached hydrogens (tertiary/aromatic N) is 2. The summed E-state index contributed by atoms with van der Waals surface area (Å²) in [5.74, 6) is 0. The van der Waals surface area contributed by atoms with E-state index in [4.69, 9.17) is 9.16 Å². The smallest absolute Gasteiger partial charge is 0.316 e. The van der Waals surface area contributed by atoms with Crippen molar-refractivity contribution >= 4 is 8.32 Å². The number of hydrogen-bond donors (Lipinski definition) is 0. The first-order valence-electron chi connectivity index (χ1n) is 7.89. The maximum atomic E-state index is 6.49. The SMILES string of the molecule is CC(C)(C)[Si](C)(C)O[C@H]1CC[C@H](Oc2ncccn2)CC1. The van der Waals surface area contributed by atoms with Crippen molar-refractivity contribution in [1.82, 2.24) is 9.97 Å². The Kier molecular flexibility index (Phi) is 5.04. The van der Waals surface area contributed by atoms with Gasteiger partial charge in [-0.1, -0.05) is 20.8 Å². The molecule has 1 fully saturated rings. The van der Waals surface area contributed by atoms with Gasteiger partial charge in [0.05, 0.1) is 0 Å². The Balaban J connectivity index is 1.81. The molecule has 5 heteroatoms. The average molecular weight is 308 g/mol. The van der Waals surface area contributed by atoms with E-state index in [9.17, 15) is 0 Å². The first-order valence-corrected chi connectivity index (χ1v) is 10.8. The topological polar surface area (TPSA) is 44.2 Å². The van der Waals surface area contributed by atoms with Gasteiger partial charge in [-0.3, -0.25) is 0 Å². The predicted molar refractivity (Wildman–Crippen MR) is 87.0 cm³/mol. The van der Waals surface area contributed by atoms with E-state index in [1.54, 1.807) is 18.5 Å². The predicted octanol–water partition coefficient (Wildman–Crippen LogP) is 4.19. The van der Waals surface area contributed by atoms with Crippen LogP contribution in [0.25, 0.3) is 0 Å². The molecule has 1 heterocycles. The lowest BCUT2D eigenvalue weighted by molar-refractivity contribution is 0.0675.